The van der Waals surface area contributed by atoms with Gasteiger partial charge in [-0.15, -0.1) is 0 Å². The SMILES string of the molecule is CN1CCN(c2ccc3nc(-c4ccc(N)cc4)[nH]c3c2)CC1. The number of benzene rings is 2. The molecule has 2 heterocycles. The van der Waals surface area contributed by atoms with Gasteiger partial charge in [0.05, 0.1) is 11.0 Å². The molecule has 0 spiro atoms. The van der Waals surface area contributed by atoms with E-state index in [-0.39, 0.29) is 0 Å². The monoisotopic (exact) mass is 307 g/mol. The summed E-state index contributed by atoms with van der Waals surface area (Å²) >= 11 is 0. The van der Waals surface area contributed by atoms with Crippen LogP contribution in [0.25, 0.3) is 22.4 Å². The van der Waals surface area contributed by atoms with Crippen LogP contribution in [0.2, 0.25) is 0 Å². The van der Waals surface area contributed by atoms with Crippen molar-refractivity contribution in [2.75, 3.05) is 43.9 Å². The first kappa shape index (κ1) is 14.1. The molecule has 5 nitrogen and oxygen atoms in total. The lowest BCUT2D eigenvalue weighted by Gasteiger charge is -2.34. The number of nitrogens with zero attached hydrogens (tertiary/aromatic N) is 3. The molecule has 3 aromatic rings. The fourth-order valence-electron chi connectivity index (χ4n) is 3.04. The lowest BCUT2D eigenvalue weighted by Crippen LogP contribution is -2.44. The Kier molecular flexibility index (Phi) is 3.42. The lowest BCUT2D eigenvalue weighted by atomic mass is 10.2. The second-order valence-corrected chi connectivity index (χ2v) is 6.20. The van der Waals surface area contributed by atoms with Crippen LogP contribution in [0.1, 0.15) is 0 Å². The molecule has 0 amide bonds. The van der Waals surface area contributed by atoms with Crippen LogP contribution in [0.4, 0.5) is 11.4 Å². The van der Waals surface area contributed by atoms with Gasteiger partial charge in [-0.2, -0.15) is 0 Å². The molecule has 0 unspecified atom stereocenters. The Morgan fingerprint density at radius 2 is 1.74 bits per heavy atom. The van der Waals surface area contributed by atoms with Crippen molar-refractivity contribution >= 4 is 22.4 Å². The summed E-state index contributed by atoms with van der Waals surface area (Å²) in [6.45, 7) is 4.36. The van der Waals surface area contributed by atoms with E-state index in [1.54, 1.807) is 0 Å². The van der Waals surface area contributed by atoms with Crippen molar-refractivity contribution in [2.24, 2.45) is 0 Å². The number of fused-ring (bicyclic) bond motifs is 1. The van der Waals surface area contributed by atoms with Crippen molar-refractivity contribution in [3.63, 3.8) is 0 Å². The van der Waals surface area contributed by atoms with Gasteiger partial charge in [0.25, 0.3) is 0 Å². The highest BCUT2D eigenvalue weighted by molar-refractivity contribution is 5.83. The Labute approximate surface area is 135 Å². The lowest BCUT2D eigenvalue weighted by molar-refractivity contribution is 0.313. The van der Waals surface area contributed by atoms with E-state index in [2.05, 4.69) is 45.0 Å². The minimum absolute atomic E-state index is 0.766. The second-order valence-electron chi connectivity index (χ2n) is 6.20. The van der Waals surface area contributed by atoms with E-state index in [1.165, 1.54) is 5.69 Å². The number of aromatic nitrogens is 2. The molecule has 118 valence electrons. The number of aromatic amines is 1. The molecule has 1 aliphatic heterocycles. The number of imidazole rings is 1. The van der Waals surface area contributed by atoms with Crippen LogP contribution in [-0.2, 0) is 0 Å². The maximum atomic E-state index is 5.75. The standard InChI is InChI=1S/C18H21N5/c1-22-8-10-23(11-9-22)15-6-7-16-17(12-15)21-18(20-16)13-2-4-14(19)5-3-13/h2-7,12H,8-11,19H2,1H3,(H,20,21). The predicted octanol–water partition coefficient (Wildman–Crippen LogP) is 2.56. The molecule has 0 bridgehead atoms. The summed E-state index contributed by atoms with van der Waals surface area (Å²) in [5, 5.41) is 0. The third kappa shape index (κ3) is 2.75. The second kappa shape index (κ2) is 5.59. The smallest absolute Gasteiger partial charge is 0.138 e. The first-order chi connectivity index (χ1) is 11.2. The van der Waals surface area contributed by atoms with Gasteiger partial charge in [0.1, 0.15) is 5.82 Å². The van der Waals surface area contributed by atoms with Gasteiger partial charge in [-0.05, 0) is 49.5 Å². The van der Waals surface area contributed by atoms with Gasteiger partial charge in [0, 0.05) is 43.1 Å². The molecule has 0 atom stereocenters. The molecule has 4 rings (SSSR count). The van der Waals surface area contributed by atoms with Gasteiger partial charge >= 0.3 is 0 Å². The van der Waals surface area contributed by atoms with Crippen molar-refractivity contribution < 1.29 is 0 Å². The molecule has 1 aliphatic rings. The summed E-state index contributed by atoms with van der Waals surface area (Å²) in [5.41, 5.74) is 10.9. The quantitative estimate of drug-likeness (QED) is 0.714. The number of nitrogens with two attached hydrogens (primary N) is 1. The van der Waals surface area contributed by atoms with E-state index in [0.29, 0.717) is 0 Å². The molecule has 0 aliphatic carbocycles. The molecule has 1 fully saturated rings. The first-order valence-electron chi connectivity index (χ1n) is 7.98. The number of nitrogens with one attached hydrogen (secondary N) is 1. The van der Waals surface area contributed by atoms with Crippen LogP contribution in [0.3, 0.4) is 0 Å². The Hall–Kier alpha value is -2.53. The van der Waals surface area contributed by atoms with Crippen molar-refractivity contribution in [1.82, 2.24) is 14.9 Å². The average Bonchev–Trinajstić information content (AvgIpc) is 2.99. The Morgan fingerprint density at radius 1 is 1.00 bits per heavy atom. The molecular formula is C18H21N5. The maximum Gasteiger partial charge on any atom is 0.138 e. The van der Waals surface area contributed by atoms with Crippen molar-refractivity contribution in [3.05, 3.63) is 42.5 Å². The molecule has 5 heteroatoms. The summed E-state index contributed by atoms with van der Waals surface area (Å²) < 4.78 is 0. The zero-order valence-corrected chi connectivity index (χ0v) is 13.3. The molecule has 1 saturated heterocycles. The van der Waals surface area contributed by atoms with Gasteiger partial charge < -0.3 is 20.5 Å². The van der Waals surface area contributed by atoms with E-state index in [9.17, 15) is 0 Å². The van der Waals surface area contributed by atoms with Crippen molar-refractivity contribution in [2.45, 2.75) is 0 Å². The largest absolute Gasteiger partial charge is 0.399 e. The average molecular weight is 307 g/mol. The van der Waals surface area contributed by atoms with E-state index >= 15 is 0 Å². The number of H-pyrrole nitrogens is 1. The first-order valence-corrected chi connectivity index (χ1v) is 7.98. The topological polar surface area (TPSA) is 61.2 Å². The van der Waals surface area contributed by atoms with Crippen LogP contribution < -0.4 is 10.6 Å². The van der Waals surface area contributed by atoms with E-state index in [1.807, 2.05) is 24.3 Å². The molecule has 0 saturated carbocycles. The summed E-state index contributed by atoms with van der Waals surface area (Å²) in [5.74, 6) is 0.885. The number of piperazine rings is 1. The molecule has 1 aromatic heterocycles. The van der Waals surface area contributed by atoms with Crippen LogP contribution in [0.15, 0.2) is 42.5 Å². The Morgan fingerprint density at radius 3 is 2.48 bits per heavy atom. The number of hydrogen-bond acceptors (Lipinski definition) is 4. The number of nitrogen functional groups attached to an aromatic ring is 1. The van der Waals surface area contributed by atoms with Crippen LogP contribution >= 0.6 is 0 Å². The molecule has 0 radical (unpaired) electrons. The fourth-order valence-corrected chi connectivity index (χ4v) is 3.04. The fraction of sp³-hybridized carbons (Fsp3) is 0.278. The van der Waals surface area contributed by atoms with Crippen LogP contribution in [0.5, 0.6) is 0 Å². The summed E-state index contributed by atoms with van der Waals surface area (Å²) in [6, 6.07) is 14.3. The highest BCUT2D eigenvalue weighted by Gasteiger charge is 2.15. The van der Waals surface area contributed by atoms with Crippen LogP contribution in [0, 0.1) is 0 Å². The zero-order valence-electron chi connectivity index (χ0n) is 13.3. The number of hydrogen-bond donors (Lipinski definition) is 2. The number of likely N-dealkylation sites (N-methyl/N-ethyl adjacent to an activating group) is 1. The van der Waals surface area contributed by atoms with Gasteiger partial charge in [-0.3, -0.25) is 0 Å². The molecule has 23 heavy (non-hydrogen) atoms. The number of anilines is 2. The third-order valence-electron chi connectivity index (χ3n) is 4.52. The van der Waals surface area contributed by atoms with E-state index < -0.39 is 0 Å². The summed E-state index contributed by atoms with van der Waals surface area (Å²) in [6.07, 6.45) is 0. The van der Waals surface area contributed by atoms with Crippen molar-refractivity contribution in [3.8, 4) is 11.4 Å². The highest BCUT2D eigenvalue weighted by atomic mass is 15.2. The maximum absolute atomic E-state index is 5.75. The minimum Gasteiger partial charge on any atom is -0.399 e. The van der Waals surface area contributed by atoms with E-state index in [0.717, 1.165) is 54.3 Å². The third-order valence-corrected chi connectivity index (χ3v) is 4.52. The highest BCUT2D eigenvalue weighted by Crippen LogP contribution is 2.25. The molecular weight excluding hydrogens is 286 g/mol. The van der Waals surface area contributed by atoms with Crippen molar-refractivity contribution in [1.29, 1.82) is 0 Å². The predicted molar refractivity (Wildman–Crippen MR) is 95.7 cm³/mol. The van der Waals surface area contributed by atoms with Gasteiger partial charge in [0.15, 0.2) is 0 Å². The molecule has 2 aromatic carbocycles. The van der Waals surface area contributed by atoms with Gasteiger partial charge in [-0.25, -0.2) is 4.98 Å². The van der Waals surface area contributed by atoms with Gasteiger partial charge in [-0.1, -0.05) is 0 Å². The minimum atomic E-state index is 0.766. The Balaban J connectivity index is 1.65. The summed E-state index contributed by atoms with van der Waals surface area (Å²) in [7, 11) is 2.17. The summed E-state index contributed by atoms with van der Waals surface area (Å²) in [4.78, 5) is 12.9. The number of rotatable bonds is 2. The Bertz CT molecular complexity index is 813. The normalized spacial score (nSPS) is 16.1. The molecule has 3 N–H and O–H groups in total. The zero-order chi connectivity index (χ0) is 15.8. The van der Waals surface area contributed by atoms with Gasteiger partial charge in [0.2, 0.25) is 0 Å². The van der Waals surface area contributed by atoms with Crippen LogP contribution in [-0.4, -0.2) is 48.1 Å². The van der Waals surface area contributed by atoms with E-state index in [4.69, 9.17) is 5.73 Å².